The molecule has 0 radical (unpaired) electrons. The van der Waals surface area contributed by atoms with E-state index in [2.05, 4.69) is 68.0 Å². The third-order valence-corrected chi connectivity index (χ3v) is 9.17. The van der Waals surface area contributed by atoms with E-state index in [-0.39, 0.29) is 13.2 Å². The van der Waals surface area contributed by atoms with Crippen LogP contribution in [0.2, 0.25) is 0 Å². The number of aryl methyl sites for hydroxylation is 1. The summed E-state index contributed by atoms with van der Waals surface area (Å²) in [6.07, 6.45) is 2.23. The molecule has 0 aliphatic rings. The molecule has 11 nitrogen and oxygen atoms in total. The predicted octanol–water partition coefficient (Wildman–Crippen LogP) is 8.32. The third-order valence-electron chi connectivity index (χ3n) is 9.17. The Kier molecular flexibility index (Phi) is 21.5. The number of rotatable bonds is 26. The molecule has 0 amide bonds. The largest absolute Gasteiger partial charge is 0.491 e. The van der Waals surface area contributed by atoms with Gasteiger partial charge in [-0.15, -0.1) is 0 Å². The van der Waals surface area contributed by atoms with E-state index in [1.165, 1.54) is 0 Å². The zero-order chi connectivity index (χ0) is 45.7. The number of esters is 2. The lowest BCUT2D eigenvalue weighted by molar-refractivity contribution is -0.140. The van der Waals surface area contributed by atoms with Crippen molar-refractivity contribution in [3.8, 4) is 52.1 Å². The molecule has 0 atom stereocenters. The minimum atomic E-state index is -0.466. The van der Waals surface area contributed by atoms with E-state index in [1.54, 1.807) is 0 Å². The average molecular weight is 879 g/mol. The Morgan fingerprint density at radius 3 is 1.23 bits per heavy atom. The van der Waals surface area contributed by atoms with E-state index in [0.29, 0.717) is 72.7 Å². The second-order valence-corrected chi connectivity index (χ2v) is 14.0. The summed E-state index contributed by atoms with van der Waals surface area (Å²) in [6.45, 7) is 13.5. The van der Waals surface area contributed by atoms with Gasteiger partial charge in [-0.1, -0.05) is 67.2 Å². The van der Waals surface area contributed by atoms with E-state index in [9.17, 15) is 9.59 Å². The normalized spacial score (nSPS) is 10.4. The SMILES string of the molecule is C=CC(=O)OCCOCCOCCOc1ccc(C#Cc2ccc(COc3ccc(-c4ccc(C#Cc5ccc(OCCOCCOCCOC(=O)C=C)cc5)cc4)cc3C)cc2)cc1. The van der Waals surface area contributed by atoms with Crippen LogP contribution in [-0.2, 0) is 44.6 Å². The van der Waals surface area contributed by atoms with E-state index < -0.39 is 11.9 Å². The maximum Gasteiger partial charge on any atom is 0.330 e. The van der Waals surface area contributed by atoms with Gasteiger partial charge < -0.3 is 42.6 Å². The first-order valence-corrected chi connectivity index (χ1v) is 21.2. The molecule has 11 heteroatoms. The van der Waals surface area contributed by atoms with Gasteiger partial charge in [-0.05, 0) is 114 Å². The highest BCUT2D eigenvalue weighted by atomic mass is 16.6. The molecule has 0 saturated heterocycles. The predicted molar refractivity (Wildman–Crippen MR) is 249 cm³/mol. The molecular weight excluding hydrogens is 825 g/mol. The second-order valence-electron chi connectivity index (χ2n) is 14.0. The highest BCUT2D eigenvalue weighted by molar-refractivity contribution is 5.81. The average Bonchev–Trinajstić information content (AvgIpc) is 3.34. The van der Waals surface area contributed by atoms with Crippen LogP contribution in [0, 0.1) is 30.6 Å². The molecule has 0 aliphatic carbocycles. The van der Waals surface area contributed by atoms with Gasteiger partial charge in [-0.3, -0.25) is 0 Å². The van der Waals surface area contributed by atoms with Gasteiger partial charge in [-0.2, -0.15) is 0 Å². The molecular formula is C54H54O11. The van der Waals surface area contributed by atoms with Crippen LogP contribution < -0.4 is 14.2 Å². The van der Waals surface area contributed by atoms with Gasteiger partial charge in [-0.25, -0.2) is 9.59 Å². The fourth-order valence-corrected chi connectivity index (χ4v) is 5.74. The summed E-state index contributed by atoms with van der Waals surface area (Å²) in [7, 11) is 0. The van der Waals surface area contributed by atoms with E-state index >= 15 is 0 Å². The Hall–Kier alpha value is -7.12. The van der Waals surface area contributed by atoms with Crippen molar-refractivity contribution in [2.45, 2.75) is 13.5 Å². The molecule has 5 aromatic carbocycles. The van der Waals surface area contributed by atoms with Gasteiger partial charge in [0.15, 0.2) is 0 Å². The lowest BCUT2D eigenvalue weighted by atomic mass is 10.0. The van der Waals surface area contributed by atoms with E-state index in [1.807, 2.05) is 91.0 Å². The number of benzene rings is 5. The molecule has 5 rings (SSSR count). The van der Waals surface area contributed by atoms with Crippen LogP contribution in [0.4, 0.5) is 0 Å². The molecule has 0 unspecified atom stereocenters. The van der Waals surface area contributed by atoms with E-state index in [0.717, 1.165) is 73.9 Å². The van der Waals surface area contributed by atoms with Crippen LogP contribution in [0.15, 0.2) is 141 Å². The molecule has 0 spiro atoms. The fourth-order valence-electron chi connectivity index (χ4n) is 5.74. The van der Waals surface area contributed by atoms with Gasteiger partial charge in [0.25, 0.3) is 0 Å². The Bertz CT molecular complexity index is 2370. The van der Waals surface area contributed by atoms with Crippen molar-refractivity contribution in [3.63, 3.8) is 0 Å². The van der Waals surface area contributed by atoms with Crippen LogP contribution in [0.3, 0.4) is 0 Å². The highest BCUT2D eigenvalue weighted by Crippen LogP contribution is 2.27. The molecule has 0 saturated carbocycles. The molecule has 336 valence electrons. The summed E-state index contributed by atoms with van der Waals surface area (Å²) in [5.74, 6) is 14.3. The topological polar surface area (TPSA) is 117 Å². The van der Waals surface area contributed by atoms with Crippen LogP contribution in [0.25, 0.3) is 11.1 Å². The van der Waals surface area contributed by atoms with Crippen molar-refractivity contribution in [3.05, 3.63) is 174 Å². The molecule has 5 aromatic rings. The molecule has 0 heterocycles. The zero-order valence-corrected chi connectivity index (χ0v) is 36.7. The smallest absolute Gasteiger partial charge is 0.330 e. The Labute approximate surface area is 381 Å². The first-order valence-electron chi connectivity index (χ1n) is 21.2. The van der Waals surface area contributed by atoms with Gasteiger partial charge in [0.1, 0.15) is 50.3 Å². The molecule has 65 heavy (non-hydrogen) atoms. The van der Waals surface area contributed by atoms with Crippen molar-refractivity contribution >= 4 is 11.9 Å². The van der Waals surface area contributed by atoms with Crippen LogP contribution in [0.1, 0.15) is 33.4 Å². The lowest BCUT2D eigenvalue weighted by Crippen LogP contribution is -2.13. The number of carbonyl (C=O) groups excluding carboxylic acids is 2. The summed E-state index contributed by atoms with van der Waals surface area (Å²) < 4.78 is 49.1. The number of hydrogen-bond acceptors (Lipinski definition) is 11. The first-order chi connectivity index (χ1) is 31.9. The van der Waals surface area contributed by atoms with Crippen molar-refractivity contribution in [1.29, 1.82) is 0 Å². The summed E-state index contributed by atoms with van der Waals surface area (Å²) in [5.41, 5.74) is 7.90. The maximum atomic E-state index is 11.0. The molecule has 0 aromatic heterocycles. The first kappa shape index (κ1) is 48.9. The Morgan fingerprint density at radius 2 is 0.815 bits per heavy atom. The van der Waals surface area contributed by atoms with Crippen molar-refractivity contribution in [1.82, 2.24) is 0 Å². The number of carbonyl (C=O) groups is 2. The van der Waals surface area contributed by atoms with Crippen LogP contribution in [0.5, 0.6) is 17.2 Å². The quantitative estimate of drug-likeness (QED) is 0.0231. The second kappa shape index (κ2) is 28.5. The van der Waals surface area contributed by atoms with Crippen LogP contribution in [-0.4, -0.2) is 91.2 Å². The summed E-state index contributed by atoms with van der Waals surface area (Å²) in [5, 5.41) is 0. The monoisotopic (exact) mass is 878 g/mol. The summed E-state index contributed by atoms with van der Waals surface area (Å²) in [6, 6.07) is 37.8. The zero-order valence-electron chi connectivity index (χ0n) is 36.7. The van der Waals surface area contributed by atoms with Gasteiger partial charge in [0, 0.05) is 34.4 Å². The molecule has 0 bridgehead atoms. The molecule has 0 aliphatic heterocycles. The fraction of sp³-hybridized carbons (Fsp3) is 0.259. The van der Waals surface area contributed by atoms with Crippen molar-refractivity contribution < 1.29 is 52.2 Å². The highest BCUT2D eigenvalue weighted by Gasteiger charge is 2.06. The van der Waals surface area contributed by atoms with Gasteiger partial charge >= 0.3 is 11.9 Å². The lowest BCUT2D eigenvalue weighted by Gasteiger charge is -2.11. The molecule has 0 fully saturated rings. The third kappa shape index (κ3) is 19.0. The summed E-state index contributed by atoms with van der Waals surface area (Å²) >= 11 is 0. The Balaban J connectivity index is 0.964. The Morgan fingerprint density at radius 1 is 0.446 bits per heavy atom. The minimum Gasteiger partial charge on any atom is -0.491 e. The van der Waals surface area contributed by atoms with Crippen LogP contribution >= 0.6 is 0 Å². The van der Waals surface area contributed by atoms with Gasteiger partial charge in [0.2, 0.25) is 0 Å². The van der Waals surface area contributed by atoms with E-state index in [4.69, 9.17) is 42.6 Å². The standard InChI is InChI=1S/C54H54O11/c1-4-53(55)63-38-34-59-30-28-57-32-36-61-50-23-16-45(17-24-50)8-6-43-10-12-47(13-11-43)41-65-52-27-22-49(40-42(52)3)48-20-14-44(15-21-48)7-9-46-18-25-51(26-19-46)62-37-33-58-29-31-60-35-39-64-54(56)5-2/h4-5,10-27,40H,1-2,28-39,41H2,3H3. The summed E-state index contributed by atoms with van der Waals surface area (Å²) in [4.78, 5) is 21.9. The minimum absolute atomic E-state index is 0.184. The van der Waals surface area contributed by atoms with Crippen molar-refractivity contribution in [2.24, 2.45) is 0 Å². The maximum absolute atomic E-state index is 11.0. The number of ether oxygens (including phenoxy) is 9. The number of hydrogen-bond donors (Lipinski definition) is 0. The molecule has 0 N–H and O–H groups in total. The van der Waals surface area contributed by atoms with Crippen molar-refractivity contribution in [2.75, 3.05) is 79.3 Å². The van der Waals surface area contributed by atoms with Gasteiger partial charge in [0.05, 0.1) is 52.9 Å².